The van der Waals surface area contributed by atoms with E-state index in [9.17, 15) is 14.7 Å². The zero-order valence-corrected chi connectivity index (χ0v) is 17.9. The number of fused-ring (bicyclic) bond motifs is 1. The Morgan fingerprint density at radius 2 is 1.97 bits per heavy atom. The second kappa shape index (κ2) is 9.54. The van der Waals surface area contributed by atoms with E-state index in [4.69, 9.17) is 22.1 Å². The van der Waals surface area contributed by atoms with E-state index in [0.717, 1.165) is 0 Å². The molecule has 0 unspecified atom stereocenters. The zero-order valence-electron chi connectivity index (χ0n) is 16.3. The summed E-state index contributed by atoms with van der Waals surface area (Å²) in [5, 5.41) is 21.5. The maximum absolute atomic E-state index is 12.6. The van der Waals surface area contributed by atoms with Gasteiger partial charge in [-0.15, -0.1) is 10.2 Å². The molecule has 0 saturated heterocycles. The van der Waals surface area contributed by atoms with E-state index in [0.29, 0.717) is 27.2 Å². The van der Waals surface area contributed by atoms with Crippen molar-refractivity contribution in [1.82, 2.24) is 4.57 Å². The SMILES string of the molecule is CCOC(=O)c1ccc(NC(=O)Cn2c(O)c(N=NC(N)=S)c3cc(Cl)ccc32)cc1. The van der Waals surface area contributed by atoms with Crippen molar-refractivity contribution in [3.8, 4) is 5.88 Å². The highest BCUT2D eigenvalue weighted by molar-refractivity contribution is 7.80. The number of ether oxygens (including phenoxy) is 1. The summed E-state index contributed by atoms with van der Waals surface area (Å²) in [4.78, 5) is 24.3. The summed E-state index contributed by atoms with van der Waals surface area (Å²) >= 11 is 10.7. The number of halogens is 1. The summed E-state index contributed by atoms with van der Waals surface area (Å²) in [5.41, 5.74) is 6.81. The average molecular weight is 460 g/mol. The first-order chi connectivity index (χ1) is 14.8. The molecule has 1 aromatic heterocycles. The van der Waals surface area contributed by atoms with Crippen LogP contribution in [0.2, 0.25) is 5.02 Å². The third-order valence-electron chi connectivity index (χ3n) is 4.20. The van der Waals surface area contributed by atoms with Crippen molar-refractivity contribution >= 4 is 63.1 Å². The van der Waals surface area contributed by atoms with Gasteiger partial charge in [0.05, 0.1) is 17.7 Å². The number of esters is 1. The maximum atomic E-state index is 12.6. The van der Waals surface area contributed by atoms with Gasteiger partial charge in [-0.2, -0.15) is 0 Å². The molecule has 0 bridgehead atoms. The Hall–Kier alpha value is -3.50. The molecule has 1 amide bonds. The van der Waals surface area contributed by atoms with Crippen molar-refractivity contribution in [3.63, 3.8) is 0 Å². The van der Waals surface area contributed by atoms with Gasteiger partial charge in [0.2, 0.25) is 16.9 Å². The average Bonchev–Trinajstić information content (AvgIpc) is 2.97. The van der Waals surface area contributed by atoms with Gasteiger partial charge in [-0.05, 0) is 61.6 Å². The summed E-state index contributed by atoms with van der Waals surface area (Å²) in [5.74, 6) is -1.14. The molecule has 0 aliphatic heterocycles. The zero-order chi connectivity index (χ0) is 22.5. The molecule has 0 aliphatic carbocycles. The highest BCUT2D eigenvalue weighted by Crippen LogP contribution is 2.40. The number of nitrogens with two attached hydrogens (primary N) is 1. The number of nitrogens with one attached hydrogen (secondary N) is 1. The van der Waals surface area contributed by atoms with E-state index in [1.165, 1.54) is 4.57 Å². The van der Waals surface area contributed by atoms with Crippen molar-refractivity contribution in [2.45, 2.75) is 13.5 Å². The van der Waals surface area contributed by atoms with E-state index in [2.05, 4.69) is 27.8 Å². The molecular weight excluding hydrogens is 442 g/mol. The Balaban J connectivity index is 1.84. The molecule has 0 radical (unpaired) electrons. The number of hydrogen-bond donors (Lipinski definition) is 3. The fourth-order valence-electron chi connectivity index (χ4n) is 2.90. The normalized spacial score (nSPS) is 11.0. The first-order valence-electron chi connectivity index (χ1n) is 9.09. The van der Waals surface area contributed by atoms with E-state index < -0.39 is 11.9 Å². The van der Waals surface area contributed by atoms with Gasteiger partial charge in [0.25, 0.3) is 0 Å². The molecule has 0 aliphatic rings. The minimum absolute atomic E-state index is 0.0943. The second-order valence-electron chi connectivity index (χ2n) is 6.30. The lowest BCUT2D eigenvalue weighted by molar-refractivity contribution is -0.116. The van der Waals surface area contributed by atoms with Crippen molar-refractivity contribution in [2.24, 2.45) is 16.0 Å². The monoisotopic (exact) mass is 459 g/mol. The fraction of sp³-hybridized carbons (Fsp3) is 0.150. The van der Waals surface area contributed by atoms with Crippen LogP contribution in [0.15, 0.2) is 52.7 Å². The summed E-state index contributed by atoms with van der Waals surface area (Å²) in [6.07, 6.45) is 0. The lowest BCUT2D eigenvalue weighted by atomic mass is 10.2. The quantitative estimate of drug-likeness (QED) is 0.288. The number of hydrogen-bond acceptors (Lipinski definition) is 6. The Morgan fingerprint density at radius 3 is 2.61 bits per heavy atom. The maximum Gasteiger partial charge on any atom is 0.338 e. The molecule has 31 heavy (non-hydrogen) atoms. The van der Waals surface area contributed by atoms with Gasteiger partial charge in [0.1, 0.15) is 6.54 Å². The second-order valence-corrected chi connectivity index (χ2v) is 7.16. The van der Waals surface area contributed by atoms with E-state index in [1.807, 2.05) is 0 Å². The van der Waals surface area contributed by atoms with E-state index in [-0.39, 0.29) is 29.8 Å². The topological polar surface area (TPSA) is 131 Å². The molecule has 0 saturated carbocycles. The number of nitrogens with zero attached hydrogens (tertiary/aromatic N) is 3. The molecule has 4 N–H and O–H groups in total. The highest BCUT2D eigenvalue weighted by atomic mass is 35.5. The van der Waals surface area contributed by atoms with Crippen LogP contribution in [0.4, 0.5) is 11.4 Å². The largest absolute Gasteiger partial charge is 0.493 e. The van der Waals surface area contributed by atoms with Crippen LogP contribution in [0.25, 0.3) is 10.9 Å². The molecule has 0 spiro atoms. The van der Waals surface area contributed by atoms with Gasteiger partial charge < -0.3 is 25.5 Å². The van der Waals surface area contributed by atoms with Crippen molar-refractivity contribution < 1.29 is 19.4 Å². The van der Waals surface area contributed by atoms with E-state index in [1.54, 1.807) is 49.4 Å². The highest BCUT2D eigenvalue weighted by Gasteiger charge is 2.19. The van der Waals surface area contributed by atoms with Crippen LogP contribution in [0.3, 0.4) is 0 Å². The third-order valence-corrected chi connectivity index (χ3v) is 4.52. The molecule has 3 aromatic rings. The third kappa shape index (κ3) is 5.16. The van der Waals surface area contributed by atoms with Crippen LogP contribution in [0.1, 0.15) is 17.3 Å². The molecule has 3 rings (SSSR count). The molecule has 0 fully saturated rings. The smallest absolute Gasteiger partial charge is 0.338 e. The Kier molecular flexibility index (Phi) is 6.83. The van der Waals surface area contributed by atoms with Gasteiger partial charge in [-0.1, -0.05) is 11.6 Å². The van der Waals surface area contributed by atoms with Crippen LogP contribution >= 0.6 is 23.8 Å². The number of anilines is 1. The van der Waals surface area contributed by atoms with Crippen molar-refractivity contribution in [3.05, 3.63) is 53.1 Å². The number of amides is 1. The number of azo groups is 1. The molecule has 160 valence electrons. The van der Waals surface area contributed by atoms with Crippen LogP contribution in [0, 0.1) is 0 Å². The standard InChI is InChI=1S/C20H18ClN5O4S/c1-2-30-19(29)11-3-6-13(7-4-11)23-16(27)10-26-15-8-5-12(21)9-14(15)17(18(26)28)24-25-20(22)31/h3-9,28H,2,10H2,1H3,(H2,22,31)(H,23,27). The number of rotatable bonds is 6. The fourth-order valence-corrected chi connectivity index (χ4v) is 3.11. The number of thiocarbonyl (C=S) groups is 1. The minimum atomic E-state index is -0.443. The first kappa shape index (κ1) is 22.2. The molecule has 1 heterocycles. The number of carbonyl (C=O) groups excluding carboxylic acids is 2. The van der Waals surface area contributed by atoms with Gasteiger partial charge in [0.15, 0.2) is 5.69 Å². The Bertz CT molecular complexity index is 1190. The summed E-state index contributed by atoms with van der Waals surface area (Å²) in [7, 11) is 0. The summed E-state index contributed by atoms with van der Waals surface area (Å²) in [6.45, 7) is 1.78. The van der Waals surface area contributed by atoms with Crippen LogP contribution in [-0.4, -0.2) is 33.3 Å². The van der Waals surface area contributed by atoms with Gasteiger partial charge in [-0.25, -0.2) is 4.79 Å². The summed E-state index contributed by atoms with van der Waals surface area (Å²) in [6, 6.07) is 11.1. The predicted octanol–water partition coefficient (Wildman–Crippen LogP) is 4.14. The Morgan fingerprint density at radius 1 is 1.26 bits per heavy atom. The van der Waals surface area contributed by atoms with Crippen molar-refractivity contribution in [2.75, 3.05) is 11.9 Å². The molecular formula is C20H18ClN5O4S. The molecule has 9 nitrogen and oxygen atoms in total. The lowest BCUT2D eigenvalue weighted by Crippen LogP contribution is -2.18. The number of aromatic nitrogens is 1. The molecule has 0 atom stereocenters. The van der Waals surface area contributed by atoms with E-state index >= 15 is 0 Å². The molecule has 11 heteroatoms. The predicted molar refractivity (Wildman–Crippen MR) is 121 cm³/mol. The van der Waals surface area contributed by atoms with Crippen LogP contribution in [0.5, 0.6) is 5.88 Å². The van der Waals surface area contributed by atoms with Gasteiger partial charge in [0, 0.05) is 16.1 Å². The number of aromatic hydroxyl groups is 1. The van der Waals surface area contributed by atoms with Gasteiger partial charge >= 0.3 is 5.97 Å². The first-order valence-corrected chi connectivity index (χ1v) is 9.87. The van der Waals surface area contributed by atoms with Crippen molar-refractivity contribution in [1.29, 1.82) is 0 Å². The number of benzene rings is 2. The number of carbonyl (C=O) groups is 2. The van der Waals surface area contributed by atoms with Gasteiger partial charge in [-0.3, -0.25) is 4.79 Å². The van der Waals surface area contributed by atoms with Crippen LogP contribution in [-0.2, 0) is 16.1 Å². The lowest BCUT2D eigenvalue weighted by Gasteiger charge is -2.09. The molecule has 2 aromatic carbocycles. The summed E-state index contributed by atoms with van der Waals surface area (Å²) < 4.78 is 6.29. The Labute approximate surface area is 187 Å². The van der Waals surface area contributed by atoms with Crippen LogP contribution < -0.4 is 11.1 Å². The minimum Gasteiger partial charge on any atom is -0.493 e.